The molecule has 0 saturated heterocycles. The highest BCUT2D eigenvalue weighted by molar-refractivity contribution is 6.31. The van der Waals surface area contributed by atoms with Gasteiger partial charge in [-0.25, -0.2) is 4.39 Å². The van der Waals surface area contributed by atoms with Gasteiger partial charge in [0.15, 0.2) is 5.43 Å². The van der Waals surface area contributed by atoms with Crippen LogP contribution in [0.1, 0.15) is 27.7 Å². The van der Waals surface area contributed by atoms with E-state index in [-0.39, 0.29) is 22.7 Å². The number of halogens is 2. The van der Waals surface area contributed by atoms with Gasteiger partial charge in [0.2, 0.25) is 5.76 Å². The van der Waals surface area contributed by atoms with Gasteiger partial charge in [-0.05, 0) is 50.0 Å². The monoisotopic (exact) mass is 400 g/mol. The maximum absolute atomic E-state index is 13.9. The van der Waals surface area contributed by atoms with Gasteiger partial charge >= 0.3 is 0 Å². The Morgan fingerprint density at radius 3 is 2.68 bits per heavy atom. The van der Waals surface area contributed by atoms with Crippen LogP contribution >= 0.6 is 11.6 Å². The molecular formula is C21H18ClFN2O3. The largest absolute Gasteiger partial charge is 0.450 e. The van der Waals surface area contributed by atoms with Crippen molar-refractivity contribution in [1.29, 1.82) is 0 Å². The quantitative estimate of drug-likeness (QED) is 0.670. The van der Waals surface area contributed by atoms with Crippen molar-refractivity contribution in [3.05, 3.63) is 80.4 Å². The smallest absolute Gasteiger partial charge is 0.290 e. The molecule has 0 saturated carbocycles. The molecule has 1 unspecified atom stereocenters. The Hall–Kier alpha value is -2.70. The van der Waals surface area contributed by atoms with Crippen LogP contribution in [0, 0.1) is 5.82 Å². The van der Waals surface area contributed by atoms with E-state index in [4.69, 9.17) is 16.0 Å². The van der Waals surface area contributed by atoms with Crippen LogP contribution in [0.2, 0.25) is 5.02 Å². The summed E-state index contributed by atoms with van der Waals surface area (Å²) in [5.74, 6) is -0.799. The fourth-order valence-electron chi connectivity index (χ4n) is 3.55. The lowest BCUT2D eigenvalue weighted by Gasteiger charge is -2.26. The molecule has 1 aromatic heterocycles. The number of nitrogens with zero attached hydrogens (tertiary/aromatic N) is 2. The number of fused-ring (bicyclic) bond motifs is 2. The van der Waals surface area contributed by atoms with E-state index in [1.165, 1.54) is 18.2 Å². The van der Waals surface area contributed by atoms with Crippen molar-refractivity contribution in [2.24, 2.45) is 0 Å². The first-order valence-corrected chi connectivity index (χ1v) is 9.22. The summed E-state index contributed by atoms with van der Waals surface area (Å²) in [6.07, 6.45) is 0. The Kier molecular flexibility index (Phi) is 4.69. The number of hydrogen-bond donors (Lipinski definition) is 0. The third-order valence-corrected chi connectivity index (χ3v) is 5.12. The number of rotatable bonds is 4. The predicted octanol–water partition coefficient (Wildman–Crippen LogP) is 3.69. The van der Waals surface area contributed by atoms with E-state index in [2.05, 4.69) is 0 Å². The molecule has 0 radical (unpaired) electrons. The lowest BCUT2D eigenvalue weighted by molar-refractivity contribution is 0.0716. The van der Waals surface area contributed by atoms with Crippen LogP contribution in [0.3, 0.4) is 0 Å². The van der Waals surface area contributed by atoms with Crippen molar-refractivity contribution >= 4 is 28.5 Å². The number of hydrogen-bond acceptors (Lipinski definition) is 4. The first-order chi connectivity index (χ1) is 13.4. The van der Waals surface area contributed by atoms with Crippen LogP contribution in [-0.2, 0) is 0 Å². The molecule has 5 nitrogen and oxygen atoms in total. The first-order valence-electron chi connectivity index (χ1n) is 8.84. The molecule has 144 valence electrons. The zero-order chi connectivity index (χ0) is 20.0. The molecule has 4 rings (SSSR count). The van der Waals surface area contributed by atoms with Crippen molar-refractivity contribution in [3.63, 3.8) is 0 Å². The lowest BCUT2D eigenvalue weighted by atomic mass is 9.98. The van der Waals surface area contributed by atoms with Crippen LogP contribution in [0.4, 0.5) is 4.39 Å². The predicted molar refractivity (Wildman–Crippen MR) is 105 cm³/mol. The van der Waals surface area contributed by atoms with Gasteiger partial charge in [0.1, 0.15) is 11.4 Å². The van der Waals surface area contributed by atoms with Crippen LogP contribution in [0.25, 0.3) is 11.0 Å². The van der Waals surface area contributed by atoms with Crippen molar-refractivity contribution in [2.45, 2.75) is 6.04 Å². The van der Waals surface area contributed by atoms with Gasteiger partial charge < -0.3 is 14.2 Å². The van der Waals surface area contributed by atoms with Crippen molar-refractivity contribution in [3.8, 4) is 0 Å². The summed E-state index contributed by atoms with van der Waals surface area (Å²) in [4.78, 5) is 29.9. The van der Waals surface area contributed by atoms with Crippen LogP contribution in [0.5, 0.6) is 0 Å². The minimum atomic E-state index is -0.710. The summed E-state index contributed by atoms with van der Waals surface area (Å²) >= 11 is 6.04. The molecular weight excluding hydrogens is 383 g/mol. The van der Waals surface area contributed by atoms with E-state index < -0.39 is 11.9 Å². The highest BCUT2D eigenvalue weighted by Crippen LogP contribution is 2.38. The van der Waals surface area contributed by atoms with Gasteiger partial charge in [-0.2, -0.15) is 0 Å². The molecule has 28 heavy (non-hydrogen) atoms. The van der Waals surface area contributed by atoms with E-state index in [0.29, 0.717) is 34.6 Å². The topological polar surface area (TPSA) is 53.8 Å². The average Bonchev–Trinajstić information content (AvgIpc) is 2.93. The second-order valence-electron chi connectivity index (χ2n) is 7.07. The van der Waals surface area contributed by atoms with Crippen molar-refractivity contribution < 1.29 is 13.6 Å². The van der Waals surface area contributed by atoms with Gasteiger partial charge in [0.25, 0.3) is 5.91 Å². The van der Waals surface area contributed by atoms with Crippen LogP contribution in [-0.4, -0.2) is 42.9 Å². The van der Waals surface area contributed by atoms with Gasteiger partial charge in [0, 0.05) is 18.1 Å². The minimum absolute atomic E-state index is 0.00726. The molecule has 3 aromatic rings. The first kappa shape index (κ1) is 18.7. The Balaban J connectivity index is 1.96. The number of amides is 1. The highest BCUT2D eigenvalue weighted by atomic mass is 35.5. The van der Waals surface area contributed by atoms with E-state index in [1.54, 1.807) is 29.2 Å². The Morgan fingerprint density at radius 1 is 1.18 bits per heavy atom. The van der Waals surface area contributed by atoms with E-state index in [1.807, 2.05) is 19.0 Å². The van der Waals surface area contributed by atoms with Crippen molar-refractivity contribution in [1.82, 2.24) is 9.80 Å². The van der Waals surface area contributed by atoms with E-state index >= 15 is 0 Å². The normalized spacial score (nSPS) is 16.2. The Labute approximate surface area is 165 Å². The SMILES string of the molecule is CN(C)CCN1C(=O)c2oc3ccc(Cl)cc3c(=O)c2C1c1cccc(F)c1. The third kappa shape index (κ3) is 3.08. The molecule has 0 spiro atoms. The summed E-state index contributed by atoms with van der Waals surface area (Å²) in [5, 5.41) is 0.700. The zero-order valence-electron chi connectivity index (χ0n) is 15.4. The molecule has 2 aromatic carbocycles. The standard InChI is InChI=1S/C21H18ClFN2O3/c1-24(2)8-9-25-18(12-4-3-5-14(23)10-12)17-19(26)15-11-13(22)6-7-16(15)28-20(17)21(25)27/h3-7,10-11,18H,8-9H2,1-2H3. The fourth-order valence-corrected chi connectivity index (χ4v) is 3.73. The Morgan fingerprint density at radius 2 is 1.96 bits per heavy atom. The number of carbonyl (C=O) groups excluding carboxylic acids is 1. The summed E-state index contributed by atoms with van der Waals surface area (Å²) < 4.78 is 19.7. The third-order valence-electron chi connectivity index (χ3n) is 4.88. The minimum Gasteiger partial charge on any atom is -0.450 e. The summed E-state index contributed by atoms with van der Waals surface area (Å²) in [6, 6.07) is 9.94. The number of likely N-dealkylation sites (N-methyl/N-ethyl adjacent to an activating group) is 1. The second kappa shape index (κ2) is 7.04. The molecule has 0 N–H and O–H groups in total. The maximum Gasteiger partial charge on any atom is 0.290 e. The van der Waals surface area contributed by atoms with Crippen LogP contribution in [0.15, 0.2) is 51.7 Å². The molecule has 1 atom stereocenters. The van der Waals surface area contributed by atoms with Gasteiger partial charge in [-0.3, -0.25) is 9.59 Å². The highest BCUT2D eigenvalue weighted by Gasteiger charge is 2.42. The van der Waals surface area contributed by atoms with Crippen molar-refractivity contribution in [2.75, 3.05) is 27.2 Å². The number of benzene rings is 2. The van der Waals surface area contributed by atoms with Gasteiger partial charge in [-0.1, -0.05) is 23.7 Å². The molecule has 7 heteroatoms. The molecule has 0 fully saturated rings. The van der Waals surface area contributed by atoms with E-state index in [9.17, 15) is 14.0 Å². The number of carbonyl (C=O) groups is 1. The summed E-state index contributed by atoms with van der Waals surface area (Å²) in [7, 11) is 3.79. The van der Waals surface area contributed by atoms with Gasteiger partial charge in [0.05, 0.1) is 17.0 Å². The zero-order valence-corrected chi connectivity index (χ0v) is 16.2. The van der Waals surface area contributed by atoms with Crippen LogP contribution < -0.4 is 5.43 Å². The second-order valence-corrected chi connectivity index (χ2v) is 7.51. The summed E-state index contributed by atoms with van der Waals surface area (Å²) in [5.41, 5.74) is 0.728. The molecule has 0 bridgehead atoms. The molecule has 0 aliphatic carbocycles. The lowest BCUT2D eigenvalue weighted by Crippen LogP contribution is -2.35. The van der Waals surface area contributed by atoms with Gasteiger partial charge in [-0.15, -0.1) is 0 Å². The molecule has 2 heterocycles. The molecule has 1 aliphatic rings. The maximum atomic E-state index is 13.9. The average molecular weight is 401 g/mol. The molecule has 1 aliphatic heterocycles. The molecule has 1 amide bonds. The fraction of sp³-hybridized carbons (Fsp3) is 0.238. The van der Waals surface area contributed by atoms with E-state index in [0.717, 1.165) is 0 Å². The Bertz CT molecular complexity index is 1140. The summed E-state index contributed by atoms with van der Waals surface area (Å²) in [6.45, 7) is 0.957.